The number of benzene rings is 2. The number of nitrogens with one attached hydrogen (secondary N) is 2. The molecule has 0 aliphatic rings. The lowest BCUT2D eigenvalue weighted by Gasteiger charge is -2.17. The highest BCUT2D eigenvalue weighted by Crippen LogP contribution is 2.39. The van der Waals surface area contributed by atoms with Gasteiger partial charge in [0.25, 0.3) is 0 Å². The summed E-state index contributed by atoms with van der Waals surface area (Å²) in [5.74, 6) is -1.56. The molecule has 22 heteroatoms. The van der Waals surface area contributed by atoms with Gasteiger partial charge < -0.3 is 50.0 Å². The van der Waals surface area contributed by atoms with E-state index in [0.29, 0.717) is 74.6 Å². The molecule has 0 amide bonds. The van der Waals surface area contributed by atoms with Gasteiger partial charge in [-0.25, -0.2) is 0 Å². The number of aliphatic hydroxyl groups excluding tert-OH is 2. The Kier molecular flexibility index (Phi) is 19.6. The number of rotatable bonds is 25. The van der Waals surface area contributed by atoms with Gasteiger partial charge in [0.05, 0.1) is 55.2 Å². The van der Waals surface area contributed by atoms with Crippen LogP contribution >= 0.6 is 55.1 Å². The summed E-state index contributed by atoms with van der Waals surface area (Å²) in [6.45, 7) is 0.290. The zero-order chi connectivity index (χ0) is 50.2. The second-order valence-corrected chi connectivity index (χ2v) is 17.8. The summed E-state index contributed by atoms with van der Waals surface area (Å²) < 4.78 is 25.5. The smallest absolute Gasteiger partial charge is 0.306 e. The lowest BCUT2D eigenvalue weighted by atomic mass is 10.0. The van der Waals surface area contributed by atoms with Crippen molar-refractivity contribution in [1.82, 2.24) is 30.6 Å². The van der Waals surface area contributed by atoms with Crippen molar-refractivity contribution >= 4 is 67.0 Å². The van der Waals surface area contributed by atoms with E-state index in [1.807, 2.05) is 36.4 Å². The molecule has 0 bridgehead atoms. The molecule has 70 heavy (non-hydrogen) atoms. The number of nitriles is 2. The molecular weight excluding hydrogens is 1080 g/mol. The Hall–Kier alpha value is -6.46. The van der Waals surface area contributed by atoms with E-state index in [1.54, 1.807) is 48.8 Å². The lowest BCUT2D eigenvalue weighted by Crippen LogP contribution is -2.28. The number of aliphatic carboxylic acids is 2. The normalized spacial score (nSPS) is 11.8. The molecule has 0 fully saturated rings. The molecule has 6 rings (SSSR count). The van der Waals surface area contributed by atoms with E-state index in [9.17, 15) is 30.3 Å². The average molecular weight is 1120 g/mol. The third kappa shape index (κ3) is 15.3. The predicted octanol–water partition coefficient (Wildman–Crippen LogP) is 7.68. The van der Waals surface area contributed by atoms with Crippen molar-refractivity contribution < 1.29 is 49.0 Å². The van der Waals surface area contributed by atoms with Gasteiger partial charge in [0.15, 0.2) is 0 Å². The van der Waals surface area contributed by atoms with Crippen LogP contribution in [0.4, 0.5) is 0 Å². The quantitative estimate of drug-likeness (QED) is 0.0321. The summed E-state index contributed by atoms with van der Waals surface area (Å²) in [5.41, 5.74) is 5.51. The van der Waals surface area contributed by atoms with Crippen molar-refractivity contribution in [2.75, 3.05) is 13.1 Å². The molecule has 4 heterocycles. The first-order chi connectivity index (χ1) is 33.7. The summed E-state index contributed by atoms with van der Waals surface area (Å²) in [5, 5.41) is 63.6. The molecule has 0 saturated heterocycles. The molecule has 6 aromatic rings. The molecule has 0 radical (unpaired) electrons. The maximum absolute atomic E-state index is 11.0. The van der Waals surface area contributed by atoms with Crippen LogP contribution in [0.25, 0.3) is 11.1 Å². The molecule has 4 aromatic heterocycles. The van der Waals surface area contributed by atoms with Gasteiger partial charge in [-0.05, 0) is 56.1 Å². The summed E-state index contributed by atoms with van der Waals surface area (Å²) in [4.78, 5) is 39.5. The maximum Gasteiger partial charge on any atom is 0.306 e. The molecule has 0 aliphatic carbocycles. The fraction of sp³-hybridized carbons (Fsp3) is 0.250. The van der Waals surface area contributed by atoms with Crippen molar-refractivity contribution in [3.63, 3.8) is 0 Å². The topological polar surface area (TPSA) is 275 Å². The number of carboxylic acids is 2. The number of hydrogen-bond acceptors (Lipinski definition) is 16. The zero-order valence-electron chi connectivity index (χ0n) is 36.7. The van der Waals surface area contributed by atoms with Gasteiger partial charge in [-0.3, -0.25) is 19.6 Å². The van der Waals surface area contributed by atoms with E-state index >= 15 is 0 Å². The van der Waals surface area contributed by atoms with Crippen LogP contribution in [-0.4, -0.2) is 77.6 Å². The van der Waals surface area contributed by atoms with Crippen LogP contribution in [-0.2, 0) is 49.1 Å². The van der Waals surface area contributed by atoms with Crippen LogP contribution in [0.2, 0.25) is 10.0 Å². The first kappa shape index (κ1) is 52.9. The molecule has 0 unspecified atom stereocenters. The standard InChI is InChI=1S/C48H42Br2Cl2N8O10/c49-39-9-33(19-57-21-35(61)11-41(63)64)45(67-23-29-7-27(13-53)15-55-17-29)59-47(39)69-25-31-3-1-5-37(43(31)51)38-6-2-4-32(44(38)52)26-70-48-40(50)10-34(20-58-22-36(62)12-42(65)66)46(60-48)68-24-30-8-28(14-54)16-56-18-30/h1-10,15-18,35-36,57-58,61-62H,11-12,19-26H2,(H,63,64)(H,65,66)/t35-,36-/m1/s1. The molecule has 362 valence electrons. The van der Waals surface area contributed by atoms with Gasteiger partial charge in [-0.1, -0.05) is 59.6 Å². The number of carbonyl (C=O) groups is 2. The van der Waals surface area contributed by atoms with Crippen molar-refractivity contribution in [2.45, 2.75) is 64.6 Å². The number of ether oxygens (including phenoxy) is 4. The Morgan fingerprint density at radius 1 is 0.600 bits per heavy atom. The minimum atomic E-state index is -1.13. The Bertz CT molecular complexity index is 2730. The Morgan fingerprint density at radius 3 is 1.39 bits per heavy atom. The number of aromatic nitrogens is 4. The van der Waals surface area contributed by atoms with E-state index < -0.39 is 37.0 Å². The van der Waals surface area contributed by atoms with Gasteiger partial charge in [0.2, 0.25) is 23.5 Å². The van der Waals surface area contributed by atoms with Crippen LogP contribution < -0.4 is 29.6 Å². The molecule has 0 saturated carbocycles. The highest BCUT2D eigenvalue weighted by atomic mass is 79.9. The van der Waals surface area contributed by atoms with Crippen LogP contribution in [0.15, 0.2) is 94.4 Å². The Labute approximate surface area is 428 Å². The first-order valence-electron chi connectivity index (χ1n) is 21.1. The van der Waals surface area contributed by atoms with E-state index in [2.05, 4.69) is 62.4 Å². The first-order valence-corrected chi connectivity index (χ1v) is 23.4. The van der Waals surface area contributed by atoms with E-state index in [0.717, 1.165) is 0 Å². The number of aliphatic hydroxyl groups is 2. The number of pyridine rings is 4. The molecule has 18 nitrogen and oxygen atoms in total. The second kappa shape index (κ2) is 25.9. The second-order valence-electron chi connectivity index (χ2n) is 15.3. The van der Waals surface area contributed by atoms with Gasteiger partial charge in [0.1, 0.15) is 38.6 Å². The minimum Gasteiger partial charge on any atom is -0.481 e. The van der Waals surface area contributed by atoms with Gasteiger partial charge >= 0.3 is 11.9 Å². The SMILES string of the molecule is N#Cc1cncc(COc2nc(OCc3cccc(-c4cccc(COc5nc(OCc6cncc(C#N)c6)c(CNC[C@H](O)CC(=O)O)cc5Br)c4Cl)c3Cl)c(Br)cc2CNC[C@H](O)CC(=O)O)c1. The Morgan fingerprint density at radius 2 is 1.00 bits per heavy atom. The number of hydrogen-bond donors (Lipinski definition) is 6. The minimum absolute atomic E-state index is 0.00305. The molecule has 0 spiro atoms. The fourth-order valence-corrected chi connectivity index (χ4v) is 8.16. The summed E-state index contributed by atoms with van der Waals surface area (Å²) in [6.07, 6.45) is 2.90. The lowest BCUT2D eigenvalue weighted by molar-refractivity contribution is -0.140. The van der Waals surface area contributed by atoms with E-state index in [1.165, 1.54) is 12.4 Å². The maximum atomic E-state index is 11.0. The largest absolute Gasteiger partial charge is 0.481 e. The van der Waals surface area contributed by atoms with Gasteiger partial charge in [-0.15, -0.1) is 0 Å². The number of carboxylic acid groups (broad SMARTS) is 2. The van der Waals surface area contributed by atoms with Crippen molar-refractivity contribution in [3.8, 4) is 46.8 Å². The molecular formula is C48H42Br2Cl2N8O10. The van der Waals surface area contributed by atoms with Crippen molar-refractivity contribution in [1.29, 1.82) is 10.5 Å². The molecule has 6 N–H and O–H groups in total. The van der Waals surface area contributed by atoms with Gasteiger partial charge in [0, 0.05) is 95.5 Å². The predicted molar refractivity (Wildman–Crippen MR) is 261 cm³/mol. The highest BCUT2D eigenvalue weighted by molar-refractivity contribution is 9.10. The molecule has 0 aliphatic heterocycles. The highest BCUT2D eigenvalue weighted by Gasteiger charge is 2.20. The summed E-state index contributed by atoms with van der Waals surface area (Å²) in [7, 11) is 0. The average Bonchev–Trinajstić information content (AvgIpc) is 3.33. The monoisotopic (exact) mass is 1120 g/mol. The fourth-order valence-electron chi connectivity index (χ4n) is 6.64. The number of halogens is 4. The van der Waals surface area contributed by atoms with Crippen LogP contribution in [0.5, 0.6) is 23.5 Å². The summed E-state index contributed by atoms with van der Waals surface area (Å²) >= 11 is 21.2. The molecule has 2 atom stereocenters. The summed E-state index contributed by atoms with van der Waals surface area (Å²) in [6, 6.07) is 21.7. The third-order valence-electron chi connectivity index (χ3n) is 9.95. The van der Waals surface area contributed by atoms with E-state index in [4.69, 9.17) is 52.4 Å². The van der Waals surface area contributed by atoms with Crippen LogP contribution in [0.1, 0.15) is 57.3 Å². The van der Waals surface area contributed by atoms with Crippen molar-refractivity contribution in [2.24, 2.45) is 0 Å². The van der Waals surface area contributed by atoms with E-state index in [-0.39, 0.29) is 76.1 Å². The van der Waals surface area contributed by atoms with Gasteiger partial charge in [-0.2, -0.15) is 20.5 Å². The van der Waals surface area contributed by atoms with Crippen molar-refractivity contribution in [3.05, 3.63) is 149 Å². The Balaban J connectivity index is 1.18. The van der Waals surface area contributed by atoms with Crippen LogP contribution in [0.3, 0.4) is 0 Å². The van der Waals surface area contributed by atoms with Crippen LogP contribution in [0, 0.1) is 22.7 Å². The number of nitrogens with zero attached hydrogens (tertiary/aromatic N) is 6. The zero-order valence-corrected chi connectivity index (χ0v) is 41.4. The molecule has 2 aromatic carbocycles. The third-order valence-corrected chi connectivity index (χ3v) is 12.0.